The fraction of sp³-hybridized carbons (Fsp3) is 0. The van der Waals surface area contributed by atoms with Crippen molar-refractivity contribution in [1.82, 2.24) is 14.6 Å². The fourth-order valence-corrected chi connectivity index (χ4v) is 2.60. The zero-order chi connectivity index (χ0) is 15.8. The van der Waals surface area contributed by atoms with Gasteiger partial charge in [-0.25, -0.2) is 9.50 Å². The minimum atomic E-state index is -0.00740. The van der Waals surface area contributed by atoms with E-state index in [2.05, 4.69) is 10.1 Å². The van der Waals surface area contributed by atoms with E-state index in [9.17, 15) is 10.2 Å². The molecule has 4 aromatic rings. The Kier molecular flexibility index (Phi) is 2.98. The van der Waals surface area contributed by atoms with Crippen LogP contribution in [0.2, 0.25) is 0 Å². The molecule has 2 aromatic carbocycles. The molecule has 2 heterocycles. The van der Waals surface area contributed by atoms with E-state index in [4.69, 9.17) is 0 Å². The Bertz CT molecular complexity index is 994. The van der Waals surface area contributed by atoms with Gasteiger partial charge in [0.2, 0.25) is 0 Å². The number of hydrogen-bond donors (Lipinski definition) is 2. The summed E-state index contributed by atoms with van der Waals surface area (Å²) in [5.41, 5.74) is 3.75. The second-order valence-corrected chi connectivity index (χ2v) is 5.20. The van der Waals surface area contributed by atoms with Crippen LogP contribution in [0.5, 0.6) is 11.5 Å². The highest BCUT2D eigenvalue weighted by molar-refractivity contribution is 5.75. The third-order valence-corrected chi connectivity index (χ3v) is 3.69. The van der Waals surface area contributed by atoms with E-state index < -0.39 is 0 Å². The molecule has 0 atom stereocenters. The molecule has 4 rings (SSSR count). The van der Waals surface area contributed by atoms with Gasteiger partial charge in [-0.2, -0.15) is 5.10 Å². The maximum absolute atomic E-state index is 10.2. The summed E-state index contributed by atoms with van der Waals surface area (Å²) in [6, 6.07) is 18.0. The van der Waals surface area contributed by atoms with Gasteiger partial charge in [-0.3, -0.25) is 0 Å². The summed E-state index contributed by atoms with van der Waals surface area (Å²) < 4.78 is 1.67. The molecule has 0 saturated carbocycles. The van der Waals surface area contributed by atoms with E-state index in [1.807, 2.05) is 42.5 Å². The van der Waals surface area contributed by atoms with Crippen LogP contribution >= 0.6 is 0 Å². The largest absolute Gasteiger partial charge is 0.508 e. The van der Waals surface area contributed by atoms with E-state index in [-0.39, 0.29) is 11.5 Å². The summed E-state index contributed by atoms with van der Waals surface area (Å²) in [4.78, 5) is 4.61. The molecule has 112 valence electrons. The van der Waals surface area contributed by atoms with Crippen molar-refractivity contribution in [1.29, 1.82) is 0 Å². The van der Waals surface area contributed by atoms with Crippen molar-refractivity contribution in [2.45, 2.75) is 0 Å². The zero-order valence-corrected chi connectivity index (χ0v) is 12.1. The van der Waals surface area contributed by atoms with Gasteiger partial charge in [0.15, 0.2) is 5.65 Å². The smallest absolute Gasteiger partial charge is 0.156 e. The highest BCUT2D eigenvalue weighted by Crippen LogP contribution is 2.33. The van der Waals surface area contributed by atoms with Gasteiger partial charge in [0.1, 0.15) is 11.5 Å². The van der Waals surface area contributed by atoms with Crippen molar-refractivity contribution in [3.63, 3.8) is 0 Å². The Morgan fingerprint density at radius 2 is 1.70 bits per heavy atom. The summed E-state index contributed by atoms with van der Waals surface area (Å²) >= 11 is 0. The van der Waals surface area contributed by atoms with Crippen molar-refractivity contribution in [2.24, 2.45) is 0 Å². The number of rotatable bonds is 2. The molecule has 0 aliphatic heterocycles. The molecule has 0 aliphatic rings. The molecule has 0 amide bonds. The highest BCUT2D eigenvalue weighted by atomic mass is 16.3. The Labute approximate surface area is 132 Å². The average molecular weight is 303 g/mol. The third-order valence-electron chi connectivity index (χ3n) is 3.69. The number of phenolic OH excluding ortho intramolecular Hbond substituents is 2. The Balaban J connectivity index is 2.00. The maximum Gasteiger partial charge on any atom is 0.156 e. The summed E-state index contributed by atoms with van der Waals surface area (Å²) in [5, 5.41) is 24.0. The fourth-order valence-electron chi connectivity index (χ4n) is 2.60. The molecule has 0 aliphatic carbocycles. The zero-order valence-electron chi connectivity index (χ0n) is 12.1. The molecule has 0 bridgehead atoms. The number of phenols is 2. The predicted molar refractivity (Wildman–Crippen MR) is 87.2 cm³/mol. The first-order valence-electron chi connectivity index (χ1n) is 7.15. The lowest BCUT2D eigenvalue weighted by atomic mass is 10.1. The van der Waals surface area contributed by atoms with Crippen LogP contribution in [0, 0.1) is 0 Å². The quantitative estimate of drug-likeness (QED) is 0.595. The maximum atomic E-state index is 10.2. The topological polar surface area (TPSA) is 70.7 Å². The predicted octanol–water partition coefficient (Wildman–Crippen LogP) is 3.47. The van der Waals surface area contributed by atoms with Crippen LogP contribution in [-0.2, 0) is 0 Å². The molecule has 0 fully saturated rings. The Morgan fingerprint density at radius 1 is 0.870 bits per heavy atom. The van der Waals surface area contributed by atoms with Crippen molar-refractivity contribution >= 4 is 5.65 Å². The van der Waals surface area contributed by atoms with Gasteiger partial charge in [-0.05, 0) is 18.2 Å². The number of fused-ring (bicyclic) bond motifs is 1. The minimum Gasteiger partial charge on any atom is -0.508 e. The van der Waals surface area contributed by atoms with Gasteiger partial charge in [-0.1, -0.05) is 30.3 Å². The lowest BCUT2D eigenvalue weighted by molar-refractivity contribution is 0.451. The molecule has 0 saturated heterocycles. The van der Waals surface area contributed by atoms with E-state index >= 15 is 0 Å². The van der Waals surface area contributed by atoms with Crippen LogP contribution in [0.1, 0.15) is 0 Å². The van der Waals surface area contributed by atoms with Crippen LogP contribution in [0.25, 0.3) is 28.2 Å². The van der Waals surface area contributed by atoms with Gasteiger partial charge < -0.3 is 10.2 Å². The first-order chi connectivity index (χ1) is 11.2. The summed E-state index contributed by atoms with van der Waals surface area (Å²) in [6.07, 6.45) is 1.66. The third kappa shape index (κ3) is 2.28. The molecule has 0 unspecified atom stereocenters. The van der Waals surface area contributed by atoms with Gasteiger partial charge in [0.05, 0.1) is 17.6 Å². The van der Waals surface area contributed by atoms with Crippen molar-refractivity contribution in [3.8, 4) is 34.0 Å². The van der Waals surface area contributed by atoms with Crippen molar-refractivity contribution in [2.75, 3.05) is 0 Å². The van der Waals surface area contributed by atoms with Crippen LogP contribution in [0.4, 0.5) is 0 Å². The van der Waals surface area contributed by atoms with Crippen LogP contribution in [0.15, 0.2) is 66.9 Å². The van der Waals surface area contributed by atoms with Crippen LogP contribution < -0.4 is 0 Å². The second kappa shape index (κ2) is 5.14. The molecular weight excluding hydrogens is 290 g/mol. The van der Waals surface area contributed by atoms with E-state index in [0.29, 0.717) is 16.9 Å². The molecule has 2 aromatic heterocycles. The van der Waals surface area contributed by atoms with Gasteiger partial charge >= 0.3 is 0 Å². The summed E-state index contributed by atoms with van der Waals surface area (Å²) in [7, 11) is 0. The number of nitrogens with zero attached hydrogens (tertiary/aromatic N) is 3. The highest BCUT2D eigenvalue weighted by Gasteiger charge is 2.13. The first-order valence-corrected chi connectivity index (χ1v) is 7.15. The molecule has 0 radical (unpaired) electrons. The lowest BCUT2D eigenvalue weighted by Crippen LogP contribution is -1.98. The second-order valence-electron chi connectivity index (χ2n) is 5.20. The monoisotopic (exact) mass is 303 g/mol. The Morgan fingerprint density at radius 3 is 2.48 bits per heavy atom. The lowest BCUT2D eigenvalue weighted by Gasteiger charge is -2.10. The molecular formula is C18H13N3O2. The molecule has 2 N–H and O–H groups in total. The normalized spacial score (nSPS) is 11.0. The standard InChI is InChI=1S/C18H13N3O2/c22-13-6-7-14(17(23)10-13)16-11-15(12-4-2-1-3-5-12)20-18-8-9-19-21(16)18/h1-11,22-23H. The van der Waals surface area contributed by atoms with Gasteiger partial charge in [-0.15, -0.1) is 0 Å². The number of benzene rings is 2. The molecule has 23 heavy (non-hydrogen) atoms. The van der Waals surface area contributed by atoms with Crippen LogP contribution in [-0.4, -0.2) is 24.8 Å². The SMILES string of the molecule is Oc1ccc(-c2cc(-c3ccccc3)nc3ccnn23)c(O)c1. The van der Waals surface area contributed by atoms with Crippen LogP contribution in [0.3, 0.4) is 0 Å². The number of hydrogen-bond acceptors (Lipinski definition) is 4. The van der Waals surface area contributed by atoms with Crippen molar-refractivity contribution < 1.29 is 10.2 Å². The van der Waals surface area contributed by atoms with Crippen molar-refractivity contribution in [3.05, 3.63) is 66.9 Å². The number of aromatic nitrogens is 3. The van der Waals surface area contributed by atoms with Gasteiger partial charge in [0, 0.05) is 23.3 Å². The molecule has 5 heteroatoms. The summed E-state index contributed by atoms with van der Waals surface area (Å²) in [5.74, 6) is 0.00677. The minimum absolute atomic E-state index is 0.00740. The first kappa shape index (κ1) is 13.3. The van der Waals surface area contributed by atoms with Gasteiger partial charge in [0.25, 0.3) is 0 Å². The number of aromatic hydroxyl groups is 2. The average Bonchev–Trinajstić information content (AvgIpc) is 3.03. The van der Waals surface area contributed by atoms with E-state index in [0.717, 1.165) is 11.3 Å². The Hall–Kier alpha value is -3.34. The summed E-state index contributed by atoms with van der Waals surface area (Å²) in [6.45, 7) is 0. The molecule has 0 spiro atoms. The molecule has 5 nitrogen and oxygen atoms in total. The van der Waals surface area contributed by atoms with E-state index in [1.165, 1.54) is 12.1 Å². The van der Waals surface area contributed by atoms with E-state index in [1.54, 1.807) is 16.8 Å².